The molecule has 292 valence electrons. The van der Waals surface area contributed by atoms with E-state index in [2.05, 4.69) is 35.1 Å². The van der Waals surface area contributed by atoms with Crippen LogP contribution in [0.4, 0.5) is 4.79 Å². The lowest BCUT2D eigenvalue weighted by Crippen LogP contribution is -2.63. The van der Waals surface area contributed by atoms with E-state index >= 15 is 0 Å². The summed E-state index contributed by atoms with van der Waals surface area (Å²) < 4.78 is 0. The Labute approximate surface area is 315 Å². The quantitative estimate of drug-likeness (QED) is 0.186. The van der Waals surface area contributed by atoms with Crippen molar-refractivity contribution in [3.63, 3.8) is 0 Å². The number of amides is 7. The zero-order chi connectivity index (χ0) is 38.2. The Morgan fingerprint density at radius 3 is 1.94 bits per heavy atom. The second-order valence-electron chi connectivity index (χ2n) is 19.5. The van der Waals surface area contributed by atoms with E-state index in [4.69, 9.17) is 0 Å². The van der Waals surface area contributed by atoms with Crippen LogP contribution in [0.2, 0.25) is 0 Å². The normalized spacial score (nSPS) is 29.9. The Morgan fingerprint density at radius 1 is 0.885 bits per heavy atom. The number of hydrogen-bond donors (Lipinski definition) is 4. The molecule has 5 fully saturated rings. The average Bonchev–Trinajstić information content (AvgIpc) is 3.94. The number of ketones is 1. The van der Waals surface area contributed by atoms with Crippen molar-refractivity contribution in [2.24, 2.45) is 39.4 Å². The number of likely N-dealkylation sites (tertiary alicyclic amines) is 2. The van der Waals surface area contributed by atoms with Gasteiger partial charge in [0.05, 0.1) is 6.04 Å². The average molecular weight is 747 g/mol. The molecular weight excluding hydrogens is 685 g/mol. The Bertz CT molecular complexity index is 1490. The lowest BCUT2D eigenvalue weighted by molar-refractivity contribution is -0.153. The van der Waals surface area contributed by atoms with Gasteiger partial charge in [-0.2, -0.15) is 13.5 Å². The second-order valence-corrected chi connectivity index (χ2v) is 19.5. The lowest BCUT2D eigenvalue weighted by Gasteiger charge is -2.41. The maximum absolute atomic E-state index is 14.5. The number of nitrogens with one attached hydrogen (secondary N) is 4. The molecule has 0 radical (unpaired) electrons. The summed E-state index contributed by atoms with van der Waals surface area (Å²) in [6.45, 7) is 21.4. The van der Waals surface area contributed by atoms with Crippen molar-refractivity contribution in [3.8, 4) is 0 Å². The molecule has 0 unspecified atom stereocenters. The predicted molar refractivity (Wildman–Crippen MR) is 200 cm³/mol. The van der Waals surface area contributed by atoms with Gasteiger partial charge in [0.1, 0.15) is 17.6 Å². The lowest BCUT2D eigenvalue weighted by atomic mass is 9.80. The number of imide groups is 1. The fourth-order valence-corrected chi connectivity index (χ4v) is 8.38. The third-order valence-corrected chi connectivity index (χ3v) is 12.2. The molecule has 4 N–H and O–H groups in total. The van der Waals surface area contributed by atoms with Crippen LogP contribution in [0, 0.1) is 39.4 Å². The summed E-state index contributed by atoms with van der Waals surface area (Å²) >= 11 is 0. The van der Waals surface area contributed by atoms with Crippen molar-refractivity contribution in [2.45, 2.75) is 144 Å². The van der Waals surface area contributed by atoms with E-state index in [0.717, 1.165) is 12.8 Å². The zero-order valence-corrected chi connectivity index (χ0v) is 34.0. The molecule has 0 aromatic carbocycles. The summed E-state index contributed by atoms with van der Waals surface area (Å²) in [5, 5.41) is 11.6. The first-order valence-electron chi connectivity index (χ1n) is 18.7. The van der Waals surface area contributed by atoms with Gasteiger partial charge in [0, 0.05) is 32.0 Å². The molecule has 14 heteroatoms. The van der Waals surface area contributed by atoms with Crippen LogP contribution < -0.4 is 21.3 Å². The summed E-state index contributed by atoms with van der Waals surface area (Å²) in [5.74, 6) is -2.97. The Hall–Kier alpha value is -3.16. The highest BCUT2D eigenvalue weighted by atomic mass is 32.1. The number of piperidine rings is 2. The largest absolute Gasteiger partial charge is 0.347 e. The standard InChI is InChI=1S/C38H60N6O7.H2S/c1-12-20-15-38(20,29(47)31(49)39-21-13-14-21)42-30(48)27-26-22(37(26,10)11)18-44(27)32(50)28(35(5,6)7)41-33(51)40-23(34(2,3)4)19-43-24(45)16-36(8,9)17-25(43)46;/h20-23,26-28H,12-19H2,1-11H3,(H,39,49)(H,42,48)(H2,40,41,51);1H2/t20-,22+,23-,26+,27+,28-,38+;/m1./s1. The van der Waals surface area contributed by atoms with Crippen LogP contribution >= 0.6 is 13.5 Å². The second kappa shape index (κ2) is 13.9. The minimum Gasteiger partial charge on any atom is -0.347 e. The maximum atomic E-state index is 14.5. The van der Waals surface area contributed by atoms with E-state index in [1.165, 1.54) is 4.90 Å². The van der Waals surface area contributed by atoms with Gasteiger partial charge in [0.15, 0.2) is 0 Å². The highest BCUT2D eigenvalue weighted by Gasteiger charge is 2.71. The van der Waals surface area contributed by atoms with E-state index < -0.39 is 69.4 Å². The van der Waals surface area contributed by atoms with Crippen LogP contribution in [0.15, 0.2) is 0 Å². The van der Waals surface area contributed by atoms with Gasteiger partial charge < -0.3 is 26.2 Å². The van der Waals surface area contributed by atoms with Gasteiger partial charge in [0.2, 0.25) is 29.4 Å². The maximum Gasteiger partial charge on any atom is 0.315 e. The number of carbonyl (C=O) groups excluding carboxylic acids is 7. The molecule has 7 atom stereocenters. The van der Waals surface area contributed by atoms with Crippen molar-refractivity contribution in [1.82, 2.24) is 31.1 Å². The van der Waals surface area contributed by atoms with Crippen molar-refractivity contribution < 1.29 is 33.6 Å². The molecule has 52 heavy (non-hydrogen) atoms. The molecule has 2 saturated heterocycles. The molecule has 0 aromatic heterocycles. The topological polar surface area (TPSA) is 174 Å². The van der Waals surface area contributed by atoms with Gasteiger partial charge >= 0.3 is 6.03 Å². The molecule has 0 bridgehead atoms. The number of nitrogens with zero attached hydrogens (tertiary/aromatic N) is 2. The summed E-state index contributed by atoms with van der Waals surface area (Å²) in [7, 11) is 0. The van der Waals surface area contributed by atoms with Crippen molar-refractivity contribution in [1.29, 1.82) is 0 Å². The van der Waals surface area contributed by atoms with Crippen LogP contribution in [-0.4, -0.2) is 93.9 Å². The monoisotopic (exact) mass is 746 g/mol. The Morgan fingerprint density at radius 2 is 1.46 bits per heavy atom. The molecule has 0 aromatic rings. The highest BCUT2D eigenvalue weighted by molar-refractivity contribution is 7.59. The summed E-state index contributed by atoms with van der Waals surface area (Å²) in [6.07, 6.45) is 3.12. The van der Waals surface area contributed by atoms with Gasteiger partial charge in [-0.1, -0.05) is 82.6 Å². The number of fused-ring (bicyclic) bond motifs is 1. The van der Waals surface area contributed by atoms with Crippen molar-refractivity contribution >= 4 is 54.8 Å². The fourth-order valence-electron chi connectivity index (χ4n) is 8.38. The third kappa shape index (κ3) is 8.16. The number of carbonyl (C=O) groups is 7. The molecule has 5 aliphatic rings. The van der Waals surface area contributed by atoms with Crippen molar-refractivity contribution in [3.05, 3.63) is 0 Å². The smallest absolute Gasteiger partial charge is 0.315 e. The van der Waals surface area contributed by atoms with Gasteiger partial charge in [0.25, 0.3) is 5.91 Å². The van der Waals surface area contributed by atoms with Crippen LogP contribution in [-0.2, 0) is 28.8 Å². The van der Waals surface area contributed by atoms with Crippen molar-refractivity contribution in [2.75, 3.05) is 13.1 Å². The number of Topliss-reactive ketones (excluding diaryl/α,β-unsaturated/α-hetero) is 1. The number of urea groups is 1. The fraction of sp³-hybridized carbons (Fsp3) is 0.816. The number of hydrogen-bond acceptors (Lipinski definition) is 7. The summed E-state index contributed by atoms with van der Waals surface area (Å²) in [4.78, 5) is 97.5. The molecule has 0 spiro atoms. The van der Waals surface area contributed by atoms with E-state index in [1.807, 2.05) is 62.3 Å². The summed E-state index contributed by atoms with van der Waals surface area (Å²) in [6, 6.07) is -3.14. The van der Waals surface area contributed by atoms with E-state index in [9.17, 15) is 33.6 Å². The molecule has 13 nitrogen and oxygen atoms in total. The third-order valence-electron chi connectivity index (χ3n) is 12.2. The van der Waals surface area contributed by atoms with Crippen LogP contribution in [0.1, 0.15) is 115 Å². The first-order valence-corrected chi connectivity index (χ1v) is 18.7. The van der Waals surface area contributed by atoms with Crippen LogP contribution in [0.25, 0.3) is 0 Å². The minimum absolute atomic E-state index is 0. The highest BCUT2D eigenvalue weighted by Crippen LogP contribution is 2.65. The van der Waals surface area contributed by atoms with Gasteiger partial charge in [-0.25, -0.2) is 4.79 Å². The van der Waals surface area contributed by atoms with Gasteiger partial charge in [-0.15, -0.1) is 0 Å². The summed E-state index contributed by atoms with van der Waals surface area (Å²) in [5.41, 5.74) is -3.22. The van der Waals surface area contributed by atoms with E-state index in [1.54, 1.807) is 4.90 Å². The molecule has 3 saturated carbocycles. The Balaban J connectivity index is 0.00000605. The predicted octanol–water partition coefficient (Wildman–Crippen LogP) is 3.02. The SMILES string of the molecule is CC[C@@H]1C[C@@]1(NC(=O)[C@@H]1[C@@H]2[C@H](CN1C(=O)[C@@H](NC(=O)N[C@H](CN1C(=O)CC(C)(C)CC1=O)C(C)(C)C)C(C)(C)C)C2(C)C)C(=O)C(=O)NC1CC1.S. The van der Waals surface area contributed by atoms with Crippen LogP contribution in [0.3, 0.4) is 0 Å². The number of rotatable bonds is 11. The molecule has 7 amide bonds. The molecular formula is C38H62N6O7S. The Kier molecular flexibility index (Phi) is 11.1. The first-order chi connectivity index (χ1) is 23.3. The molecule has 2 heterocycles. The van der Waals surface area contributed by atoms with Gasteiger partial charge in [-0.3, -0.25) is 33.7 Å². The minimum atomic E-state index is -1.28. The van der Waals surface area contributed by atoms with E-state index in [0.29, 0.717) is 19.4 Å². The van der Waals surface area contributed by atoms with Crippen LogP contribution in [0.5, 0.6) is 0 Å². The first kappa shape index (κ1) is 41.6. The molecule has 5 rings (SSSR count). The molecule has 3 aliphatic carbocycles. The van der Waals surface area contributed by atoms with Gasteiger partial charge in [-0.05, 0) is 58.7 Å². The van der Waals surface area contributed by atoms with E-state index in [-0.39, 0.29) is 73.9 Å². The zero-order valence-electron chi connectivity index (χ0n) is 33.0. The molecule has 2 aliphatic heterocycles.